The zero-order chi connectivity index (χ0) is 24.2. The summed E-state index contributed by atoms with van der Waals surface area (Å²) >= 11 is 0. The number of rotatable bonds is 2. The van der Waals surface area contributed by atoms with E-state index < -0.39 is 17.3 Å². The van der Waals surface area contributed by atoms with Gasteiger partial charge in [-0.25, -0.2) is 4.98 Å². The van der Waals surface area contributed by atoms with Crippen LogP contribution in [0, 0.1) is 0 Å². The smallest absolute Gasteiger partial charge is 0.275 e. The van der Waals surface area contributed by atoms with Crippen LogP contribution >= 0.6 is 0 Å². The Bertz CT molecular complexity index is 1830. The molecule has 8 heteroatoms. The van der Waals surface area contributed by atoms with Gasteiger partial charge in [0.05, 0.1) is 27.8 Å². The number of pyridine rings is 4. The fraction of sp³-hybridized carbons (Fsp3) is 0.0370. The first-order valence-corrected chi connectivity index (χ1v) is 10.7. The molecule has 0 bridgehead atoms. The summed E-state index contributed by atoms with van der Waals surface area (Å²) in [4.78, 5) is 26.7. The van der Waals surface area contributed by atoms with Crippen molar-refractivity contribution in [2.75, 3.05) is 0 Å². The zero-order valence-corrected chi connectivity index (χ0v) is 18.0. The van der Waals surface area contributed by atoms with Crippen LogP contribution in [0.3, 0.4) is 0 Å². The highest BCUT2D eigenvalue weighted by Gasteiger charge is 2.30. The van der Waals surface area contributed by atoms with E-state index in [1.165, 1.54) is 22.8 Å². The molecule has 6 aromatic rings. The lowest BCUT2D eigenvalue weighted by atomic mass is 10.1. The second-order valence-corrected chi connectivity index (χ2v) is 8.10. The first-order valence-electron chi connectivity index (χ1n) is 10.7. The first kappa shape index (κ1) is 21.0. The van der Waals surface area contributed by atoms with Gasteiger partial charge in [-0.1, -0.05) is 24.3 Å². The van der Waals surface area contributed by atoms with Gasteiger partial charge in [0.15, 0.2) is 0 Å². The summed E-state index contributed by atoms with van der Waals surface area (Å²) in [5.41, 5.74) is 2.33. The number of hydrogen-bond donors (Lipinski definition) is 0. The van der Waals surface area contributed by atoms with Gasteiger partial charge in [-0.3, -0.25) is 19.3 Å². The molecule has 5 nitrogen and oxygen atoms in total. The lowest BCUT2D eigenvalue weighted by Gasteiger charge is -2.14. The third kappa shape index (κ3) is 3.59. The monoisotopic (exact) mass is 468 g/mol. The average Bonchev–Trinajstić information content (AvgIpc) is 2.87. The van der Waals surface area contributed by atoms with Gasteiger partial charge in [0.2, 0.25) is 0 Å². The summed E-state index contributed by atoms with van der Waals surface area (Å²) in [6.07, 6.45) is -1.24. The molecule has 4 heterocycles. The molecule has 4 aromatic heterocycles. The highest BCUT2D eigenvalue weighted by molar-refractivity contribution is 6.02. The molecule has 0 atom stereocenters. The molecule has 0 saturated carbocycles. The standard InChI is InChI=1S/C27H15F3N4O/c28-27(29,30)19-5-3-6-20(13-19)34-24(35)11-8-17-14-32-23-10-9-22(33-25(23)26(17)34)18-12-16-4-1-2-7-21(16)31-15-18/h1-15H. The fourth-order valence-electron chi connectivity index (χ4n) is 4.22. The molecule has 2 aromatic carbocycles. The quantitative estimate of drug-likeness (QED) is 0.285. The van der Waals surface area contributed by atoms with Gasteiger partial charge in [-0.2, -0.15) is 13.2 Å². The topological polar surface area (TPSA) is 60.7 Å². The minimum absolute atomic E-state index is 0.0995. The van der Waals surface area contributed by atoms with Gasteiger partial charge in [0, 0.05) is 40.5 Å². The maximum atomic E-state index is 13.4. The maximum Gasteiger partial charge on any atom is 0.416 e. The van der Waals surface area contributed by atoms with E-state index in [2.05, 4.69) is 9.97 Å². The van der Waals surface area contributed by atoms with Gasteiger partial charge in [-0.15, -0.1) is 0 Å². The molecule has 0 unspecified atom stereocenters. The van der Waals surface area contributed by atoms with Crippen LogP contribution < -0.4 is 5.56 Å². The summed E-state index contributed by atoms with van der Waals surface area (Å²) in [7, 11) is 0. The van der Waals surface area contributed by atoms with Crippen LogP contribution in [-0.4, -0.2) is 19.5 Å². The lowest BCUT2D eigenvalue weighted by molar-refractivity contribution is -0.137. The number of halogens is 3. The number of hydrogen-bond acceptors (Lipinski definition) is 4. The van der Waals surface area contributed by atoms with Crippen molar-refractivity contribution in [3.05, 3.63) is 107 Å². The molecule has 0 amide bonds. The van der Waals surface area contributed by atoms with Gasteiger partial charge in [0.1, 0.15) is 5.52 Å². The number of alkyl halides is 3. The van der Waals surface area contributed by atoms with Crippen molar-refractivity contribution >= 4 is 32.8 Å². The van der Waals surface area contributed by atoms with E-state index in [0.717, 1.165) is 28.6 Å². The van der Waals surface area contributed by atoms with E-state index in [0.29, 0.717) is 27.6 Å². The third-order valence-corrected chi connectivity index (χ3v) is 5.88. The van der Waals surface area contributed by atoms with Crippen LogP contribution in [0.4, 0.5) is 13.2 Å². The van der Waals surface area contributed by atoms with Crippen LogP contribution in [0.2, 0.25) is 0 Å². The summed E-state index contributed by atoms with van der Waals surface area (Å²) < 4.78 is 41.4. The number of nitrogens with zero attached hydrogens (tertiary/aromatic N) is 4. The van der Waals surface area contributed by atoms with Crippen molar-refractivity contribution < 1.29 is 13.2 Å². The van der Waals surface area contributed by atoms with Crippen molar-refractivity contribution in [3.8, 4) is 16.9 Å². The molecule has 0 N–H and O–H groups in total. The van der Waals surface area contributed by atoms with E-state index in [1.54, 1.807) is 24.5 Å². The molecule has 0 radical (unpaired) electrons. The largest absolute Gasteiger partial charge is 0.416 e. The number of aromatic nitrogens is 4. The lowest BCUT2D eigenvalue weighted by Crippen LogP contribution is -2.18. The maximum absolute atomic E-state index is 13.4. The summed E-state index contributed by atoms with van der Waals surface area (Å²) in [6, 6.07) is 20.9. The molecule has 6 rings (SSSR count). The average molecular weight is 468 g/mol. The van der Waals surface area contributed by atoms with Crippen LogP contribution in [0.15, 0.2) is 96.1 Å². The van der Waals surface area contributed by atoms with E-state index >= 15 is 0 Å². The Morgan fingerprint density at radius 3 is 2.43 bits per heavy atom. The Kier molecular flexibility index (Phi) is 4.63. The Morgan fingerprint density at radius 2 is 1.57 bits per heavy atom. The van der Waals surface area contributed by atoms with Crippen LogP contribution in [0.1, 0.15) is 5.56 Å². The highest BCUT2D eigenvalue weighted by Crippen LogP contribution is 2.32. The normalized spacial score (nSPS) is 12.0. The van der Waals surface area contributed by atoms with Crippen molar-refractivity contribution in [1.82, 2.24) is 19.5 Å². The minimum Gasteiger partial charge on any atom is -0.275 e. The van der Waals surface area contributed by atoms with Gasteiger partial charge >= 0.3 is 6.18 Å². The number of fused-ring (bicyclic) bond motifs is 4. The minimum atomic E-state index is -4.54. The van der Waals surface area contributed by atoms with E-state index in [4.69, 9.17) is 4.98 Å². The van der Waals surface area contributed by atoms with E-state index in [-0.39, 0.29) is 5.69 Å². The Morgan fingerprint density at radius 1 is 0.743 bits per heavy atom. The summed E-state index contributed by atoms with van der Waals surface area (Å²) in [6.45, 7) is 0. The fourth-order valence-corrected chi connectivity index (χ4v) is 4.22. The summed E-state index contributed by atoms with van der Waals surface area (Å²) in [5, 5.41) is 1.53. The van der Waals surface area contributed by atoms with Crippen LogP contribution in [0.5, 0.6) is 0 Å². The molecular formula is C27H15F3N4O. The second kappa shape index (κ2) is 7.73. The predicted octanol–water partition coefficient (Wildman–Crippen LogP) is 6.17. The van der Waals surface area contributed by atoms with Crippen molar-refractivity contribution in [1.29, 1.82) is 0 Å². The molecule has 0 aliphatic carbocycles. The summed E-state index contributed by atoms with van der Waals surface area (Å²) in [5.74, 6) is 0. The van der Waals surface area contributed by atoms with E-state index in [9.17, 15) is 18.0 Å². The SMILES string of the molecule is O=c1ccc2cnc3ccc(-c4cnc5ccccc5c4)nc3c2n1-c1cccc(C(F)(F)F)c1. The zero-order valence-electron chi connectivity index (χ0n) is 18.0. The Labute approximate surface area is 196 Å². The molecule has 0 aliphatic rings. The molecule has 170 valence electrons. The van der Waals surface area contributed by atoms with Crippen molar-refractivity contribution in [3.63, 3.8) is 0 Å². The van der Waals surface area contributed by atoms with Crippen molar-refractivity contribution in [2.45, 2.75) is 6.18 Å². The van der Waals surface area contributed by atoms with Crippen LogP contribution in [0.25, 0.3) is 49.8 Å². The van der Waals surface area contributed by atoms with Crippen LogP contribution in [-0.2, 0) is 6.18 Å². The van der Waals surface area contributed by atoms with Gasteiger partial charge in [-0.05, 0) is 48.5 Å². The Balaban J connectivity index is 1.64. The molecule has 0 saturated heterocycles. The molecule has 0 fully saturated rings. The number of benzene rings is 2. The van der Waals surface area contributed by atoms with Gasteiger partial charge in [0.25, 0.3) is 5.56 Å². The Hall–Kier alpha value is -4.59. The predicted molar refractivity (Wildman–Crippen MR) is 128 cm³/mol. The third-order valence-electron chi connectivity index (χ3n) is 5.88. The molecule has 0 spiro atoms. The molecular weight excluding hydrogens is 453 g/mol. The van der Waals surface area contributed by atoms with E-state index in [1.807, 2.05) is 36.4 Å². The molecule has 35 heavy (non-hydrogen) atoms. The van der Waals surface area contributed by atoms with Gasteiger partial charge < -0.3 is 0 Å². The molecule has 0 aliphatic heterocycles. The first-order chi connectivity index (χ1) is 16.9. The second-order valence-electron chi connectivity index (χ2n) is 8.10. The highest BCUT2D eigenvalue weighted by atomic mass is 19.4. The number of para-hydroxylation sites is 1. The van der Waals surface area contributed by atoms with Crippen molar-refractivity contribution in [2.24, 2.45) is 0 Å².